The summed E-state index contributed by atoms with van der Waals surface area (Å²) in [6, 6.07) is 8.54. The van der Waals surface area contributed by atoms with E-state index >= 15 is 0 Å². The monoisotopic (exact) mass is 301 g/mol. The lowest BCUT2D eigenvalue weighted by molar-refractivity contribution is -0.138. The normalized spacial score (nSPS) is 10.5. The van der Waals surface area contributed by atoms with Gasteiger partial charge >= 0.3 is 5.97 Å². The first-order chi connectivity index (χ1) is 10.6. The van der Waals surface area contributed by atoms with Gasteiger partial charge in [0.2, 0.25) is 0 Å². The van der Waals surface area contributed by atoms with Crippen LogP contribution in [0, 0.1) is 11.3 Å². The van der Waals surface area contributed by atoms with Gasteiger partial charge in [-0.05, 0) is 31.5 Å². The number of nitriles is 1. The van der Waals surface area contributed by atoms with Gasteiger partial charge in [0.05, 0.1) is 6.61 Å². The number of nitrogens with one attached hydrogen (secondary N) is 2. The smallest absolute Gasteiger partial charge is 0.350 e. The summed E-state index contributed by atoms with van der Waals surface area (Å²) < 4.78 is 4.76. The van der Waals surface area contributed by atoms with Crippen LogP contribution in [0.4, 0.5) is 5.69 Å². The number of amides is 1. The van der Waals surface area contributed by atoms with Crippen molar-refractivity contribution in [2.75, 3.05) is 18.5 Å². The second-order valence-corrected chi connectivity index (χ2v) is 4.37. The third kappa shape index (κ3) is 5.29. The maximum atomic E-state index is 11.9. The Morgan fingerprint density at radius 3 is 2.77 bits per heavy atom. The van der Waals surface area contributed by atoms with Crippen molar-refractivity contribution in [3.63, 3.8) is 0 Å². The lowest BCUT2D eigenvalue weighted by Crippen LogP contribution is -2.23. The zero-order chi connectivity index (χ0) is 16.4. The van der Waals surface area contributed by atoms with Gasteiger partial charge in [-0.25, -0.2) is 4.79 Å². The molecule has 0 aliphatic heterocycles. The van der Waals surface area contributed by atoms with Crippen LogP contribution in [0.2, 0.25) is 0 Å². The Morgan fingerprint density at radius 1 is 1.36 bits per heavy atom. The highest BCUT2D eigenvalue weighted by atomic mass is 16.5. The third-order valence-corrected chi connectivity index (χ3v) is 2.66. The Kier molecular flexibility index (Phi) is 7.20. The fourth-order valence-corrected chi connectivity index (χ4v) is 1.59. The summed E-state index contributed by atoms with van der Waals surface area (Å²) in [7, 11) is 0. The third-order valence-electron chi connectivity index (χ3n) is 2.66. The highest BCUT2D eigenvalue weighted by Crippen LogP contribution is 2.11. The molecule has 0 radical (unpaired) electrons. The second-order valence-electron chi connectivity index (χ2n) is 4.37. The van der Waals surface area contributed by atoms with Crippen molar-refractivity contribution < 1.29 is 14.3 Å². The van der Waals surface area contributed by atoms with Gasteiger partial charge in [0.1, 0.15) is 6.07 Å². The van der Waals surface area contributed by atoms with Crippen molar-refractivity contribution in [2.24, 2.45) is 0 Å². The molecule has 2 N–H and O–H groups in total. The van der Waals surface area contributed by atoms with Crippen molar-refractivity contribution in [1.29, 1.82) is 5.26 Å². The molecule has 116 valence electrons. The number of rotatable bonds is 7. The van der Waals surface area contributed by atoms with Crippen molar-refractivity contribution in [3.05, 3.63) is 41.6 Å². The van der Waals surface area contributed by atoms with Crippen molar-refractivity contribution >= 4 is 17.6 Å². The van der Waals surface area contributed by atoms with E-state index in [1.54, 1.807) is 37.3 Å². The summed E-state index contributed by atoms with van der Waals surface area (Å²) in [6.45, 7) is 4.45. The Bertz CT molecular complexity index is 603. The molecule has 6 nitrogen and oxygen atoms in total. The fraction of sp³-hybridized carbons (Fsp3) is 0.312. The summed E-state index contributed by atoms with van der Waals surface area (Å²) in [4.78, 5) is 23.3. The molecule has 1 aromatic rings. The lowest BCUT2D eigenvalue weighted by Gasteiger charge is -2.06. The quantitative estimate of drug-likeness (QED) is 0.458. The largest absolute Gasteiger partial charge is 0.462 e. The molecule has 0 atom stereocenters. The van der Waals surface area contributed by atoms with E-state index in [0.29, 0.717) is 17.8 Å². The van der Waals surface area contributed by atoms with Gasteiger partial charge in [-0.15, -0.1) is 0 Å². The zero-order valence-corrected chi connectivity index (χ0v) is 12.7. The fourth-order valence-electron chi connectivity index (χ4n) is 1.59. The minimum atomic E-state index is -0.686. The molecule has 0 bridgehead atoms. The molecule has 0 spiro atoms. The molecular weight excluding hydrogens is 282 g/mol. The Hall–Kier alpha value is -2.81. The number of anilines is 1. The van der Waals surface area contributed by atoms with Crippen LogP contribution in [0.1, 0.15) is 30.6 Å². The van der Waals surface area contributed by atoms with E-state index in [0.717, 1.165) is 6.42 Å². The van der Waals surface area contributed by atoms with Gasteiger partial charge in [0.15, 0.2) is 5.57 Å². The predicted octanol–water partition coefficient (Wildman–Crippen LogP) is 2.21. The molecule has 0 aliphatic rings. The first-order valence-electron chi connectivity index (χ1n) is 7.04. The average molecular weight is 301 g/mol. The Labute approximate surface area is 129 Å². The summed E-state index contributed by atoms with van der Waals surface area (Å²) in [5.74, 6) is -0.852. The molecule has 0 saturated carbocycles. The zero-order valence-electron chi connectivity index (χ0n) is 12.7. The van der Waals surface area contributed by atoms with Gasteiger partial charge in [-0.3, -0.25) is 4.79 Å². The topological polar surface area (TPSA) is 91.2 Å². The van der Waals surface area contributed by atoms with E-state index in [9.17, 15) is 9.59 Å². The van der Waals surface area contributed by atoms with Crippen molar-refractivity contribution in [2.45, 2.75) is 20.3 Å². The van der Waals surface area contributed by atoms with Crippen LogP contribution in [-0.2, 0) is 9.53 Å². The molecule has 6 heteroatoms. The Morgan fingerprint density at radius 2 is 2.14 bits per heavy atom. The summed E-state index contributed by atoms with van der Waals surface area (Å²) in [5.41, 5.74) is 0.963. The van der Waals surface area contributed by atoms with E-state index in [4.69, 9.17) is 10.00 Å². The van der Waals surface area contributed by atoms with Gasteiger partial charge < -0.3 is 15.4 Å². The van der Waals surface area contributed by atoms with E-state index in [1.165, 1.54) is 6.20 Å². The lowest BCUT2D eigenvalue weighted by atomic mass is 10.2. The number of benzene rings is 1. The molecule has 0 fully saturated rings. The maximum absolute atomic E-state index is 11.9. The number of ether oxygens (including phenoxy) is 1. The molecule has 1 aromatic carbocycles. The molecule has 22 heavy (non-hydrogen) atoms. The maximum Gasteiger partial charge on any atom is 0.350 e. The number of hydrogen-bond donors (Lipinski definition) is 2. The SMILES string of the molecule is CCCNC(=O)c1cccc(N/C=C(\C#N)C(=O)OCC)c1. The number of esters is 1. The molecule has 0 unspecified atom stereocenters. The predicted molar refractivity (Wildman–Crippen MR) is 83.0 cm³/mol. The first kappa shape index (κ1) is 17.2. The van der Waals surface area contributed by atoms with E-state index in [2.05, 4.69) is 10.6 Å². The van der Waals surface area contributed by atoms with Crippen LogP contribution in [-0.4, -0.2) is 25.0 Å². The minimum Gasteiger partial charge on any atom is -0.462 e. The number of nitrogens with zero attached hydrogens (tertiary/aromatic N) is 1. The van der Waals surface area contributed by atoms with E-state index in [1.807, 2.05) is 6.92 Å². The van der Waals surface area contributed by atoms with Gasteiger partial charge in [0.25, 0.3) is 5.91 Å². The molecule has 0 aromatic heterocycles. The standard InChI is InChI=1S/C16H19N3O3/c1-3-8-18-15(20)12-6-5-7-14(9-12)19-11-13(10-17)16(21)22-4-2/h5-7,9,11,19H,3-4,8H2,1-2H3,(H,18,20)/b13-11+. The average Bonchev–Trinajstić information content (AvgIpc) is 2.53. The molecule has 0 aliphatic carbocycles. The Balaban J connectivity index is 2.80. The molecule has 1 amide bonds. The van der Waals surface area contributed by atoms with Crippen LogP contribution in [0.5, 0.6) is 0 Å². The number of carbonyl (C=O) groups excluding carboxylic acids is 2. The van der Waals surface area contributed by atoms with Gasteiger partial charge in [0, 0.05) is 24.0 Å². The minimum absolute atomic E-state index is 0.136. The second kappa shape index (κ2) is 9.19. The molecule has 1 rings (SSSR count). The summed E-state index contributed by atoms with van der Waals surface area (Å²) >= 11 is 0. The summed E-state index contributed by atoms with van der Waals surface area (Å²) in [6.07, 6.45) is 2.12. The van der Waals surface area contributed by atoms with Crippen LogP contribution in [0.3, 0.4) is 0 Å². The van der Waals surface area contributed by atoms with E-state index in [-0.39, 0.29) is 18.1 Å². The van der Waals surface area contributed by atoms with Crippen molar-refractivity contribution in [1.82, 2.24) is 5.32 Å². The number of carbonyl (C=O) groups is 2. The van der Waals surface area contributed by atoms with Crippen LogP contribution >= 0.6 is 0 Å². The van der Waals surface area contributed by atoms with Gasteiger partial charge in [-0.1, -0.05) is 13.0 Å². The number of hydrogen-bond acceptors (Lipinski definition) is 5. The highest BCUT2D eigenvalue weighted by Gasteiger charge is 2.09. The van der Waals surface area contributed by atoms with Crippen LogP contribution < -0.4 is 10.6 Å². The first-order valence-corrected chi connectivity index (χ1v) is 7.04. The molecule has 0 saturated heterocycles. The molecule has 0 heterocycles. The van der Waals surface area contributed by atoms with Crippen molar-refractivity contribution in [3.8, 4) is 6.07 Å². The van der Waals surface area contributed by atoms with E-state index < -0.39 is 5.97 Å². The summed E-state index contributed by atoms with van der Waals surface area (Å²) in [5, 5.41) is 14.5. The van der Waals surface area contributed by atoms with Gasteiger partial charge in [-0.2, -0.15) is 5.26 Å². The highest BCUT2D eigenvalue weighted by molar-refractivity contribution is 5.95. The van der Waals surface area contributed by atoms with Crippen LogP contribution in [0.25, 0.3) is 0 Å². The molecular formula is C16H19N3O3. The van der Waals surface area contributed by atoms with Crippen LogP contribution in [0.15, 0.2) is 36.0 Å².